The summed E-state index contributed by atoms with van der Waals surface area (Å²) in [6.07, 6.45) is 2.74. The Bertz CT molecular complexity index is 782. The monoisotopic (exact) mass is 301 g/mol. The summed E-state index contributed by atoms with van der Waals surface area (Å²) in [6.45, 7) is 3.60. The Morgan fingerprint density at radius 2 is 1.90 bits per heavy atom. The number of hydrogen-bond donors (Lipinski definition) is 0. The molecule has 6 atom stereocenters. The van der Waals surface area contributed by atoms with Crippen molar-refractivity contribution in [2.45, 2.75) is 24.7 Å². The third-order valence-electron chi connectivity index (χ3n) is 7.72. The van der Waals surface area contributed by atoms with Crippen molar-refractivity contribution < 1.29 is 8.42 Å². The Morgan fingerprint density at radius 3 is 2.57 bits per heavy atom. The van der Waals surface area contributed by atoms with E-state index in [-0.39, 0.29) is 0 Å². The minimum atomic E-state index is -3.29. The van der Waals surface area contributed by atoms with Crippen LogP contribution < -0.4 is 0 Å². The third kappa shape index (κ3) is 0.994. The van der Waals surface area contributed by atoms with Gasteiger partial charge in [-0.05, 0) is 66.4 Å². The Kier molecular flexibility index (Phi) is 1.64. The van der Waals surface area contributed by atoms with Crippen LogP contribution in [-0.2, 0) is 10.0 Å². The van der Waals surface area contributed by atoms with Crippen LogP contribution in [0.25, 0.3) is 0 Å². The standard InChI is InChI=1S/C17H19NO2S/c1-10-2-4-11(5-3-10)21(19,20)18-8-16-7-13-12-6-14(16)17(16,9-18)15(12)13/h2-5,12-15H,6-9H2,1H3/t12-,13?,14-,15-,16?,17?/m0/s1. The minimum absolute atomic E-state index is 0.398. The molecule has 1 heterocycles. The molecule has 1 saturated heterocycles. The van der Waals surface area contributed by atoms with Crippen molar-refractivity contribution >= 4 is 10.0 Å². The highest BCUT2D eigenvalue weighted by Crippen LogP contribution is 2.98. The average molecular weight is 301 g/mol. The maximum atomic E-state index is 12.9. The molecule has 0 bridgehead atoms. The van der Waals surface area contributed by atoms with Crippen LogP contribution in [0.1, 0.15) is 18.4 Å². The molecule has 5 aliphatic rings. The average Bonchev–Trinajstić information content (AvgIpc) is 3.10. The SMILES string of the molecule is Cc1ccc(S(=O)(=O)N2CC34CC5[C@@H]6[C@H]5C[C@@H]3C64C2)cc1. The predicted molar refractivity (Wildman–Crippen MR) is 78.0 cm³/mol. The molecule has 1 aromatic carbocycles. The Hall–Kier alpha value is -0.870. The molecule has 4 saturated carbocycles. The molecule has 0 amide bonds. The van der Waals surface area contributed by atoms with Gasteiger partial charge in [0.05, 0.1) is 4.90 Å². The van der Waals surface area contributed by atoms with Crippen LogP contribution in [0.3, 0.4) is 0 Å². The van der Waals surface area contributed by atoms with Crippen LogP contribution in [0, 0.1) is 41.4 Å². The lowest BCUT2D eigenvalue weighted by Crippen LogP contribution is -2.35. The molecule has 4 heteroatoms. The summed E-state index contributed by atoms with van der Waals surface area (Å²) in [5, 5.41) is 0. The zero-order valence-corrected chi connectivity index (χ0v) is 12.9. The molecule has 0 aromatic heterocycles. The molecule has 5 fully saturated rings. The van der Waals surface area contributed by atoms with E-state index in [9.17, 15) is 8.42 Å². The van der Waals surface area contributed by atoms with E-state index in [1.54, 1.807) is 12.1 Å². The van der Waals surface area contributed by atoms with Crippen LogP contribution in [0.15, 0.2) is 29.2 Å². The lowest BCUT2D eigenvalue weighted by Gasteiger charge is -2.26. The van der Waals surface area contributed by atoms with Crippen molar-refractivity contribution in [2.75, 3.05) is 13.1 Å². The van der Waals surface area contributed by atoms with Gasteiger partial charge in [-0.15, -0.1) is 0 Å². The second-order valence-corrected chi connectivity index (χ2v) is 10.1. The first-order valence-electron chi connectivity index (χ1n) is 8.08. The molecule has 1 aliphatic heterocycles. The molecule has 1 aromatic rings. The molecule has 21 heavy (non-hydrogen) atoms. The molecule has 3 nitrogen and oxygen atoms in total. The zero-order chi connectivity index (χ0) is 14.2. The van der Waals surface area contributed by atoms with Gasteiger partial charge in [-0.3, -0.25) is 0 Å². The molecule has 0 radical (unpaired) electrons. The van der Waals surface area contributed by atoms with Crippen molar-refractivity contribution in [3.8, 4) is 0 Å². The van der Waals surface area contributed by atoms with Gasteiger partial charge in [-0.2, -0.15) is 4.31 Å². The summed E-state index contributed by atoms with van der Waals surface area (Å²) >= 11 is 0. The molecule has 110 valence electrons. The third-order valence-corrected chi connectivity index (χ3v) is 9.53. The van der Waals surface area contributed by atoms with Gasteiger partial charge >= 0.3 is 0 Å². The first kappa shape index (κ1) is 11.7. The van der Waals surface area contributed by atoms with Gasteiger partial charge in [-0.1, -0.05) is 17.7 Å². The fraction of sp³-hybridized carbons (Fsp3) is 0.647. The number of benzene rings is 1. The summed E-state index contributed by atoms with van der Waals surface area (Å²) in [4.78, 5) is 0.472. The summed E-state index contributed by atoms with van der Waals surface area (Å²) in [7, 11) is -3.29. The molecule has 3 unspecified atom stereocenters. The second kappa shape index (κ2) is 2.95. The predicted octanol–water partition coefficient (Wildman–Crippen LogP) is 2.27. The molecular formula is C17H19NO2S. The van der Waals surface area contributed by atoms with Gasteiger partial charge in [0.2, 0.25) is 10.0 Å². The highest BCUT2D eigenvalue weighted by atomic mass is 32.2. The number of hydrogen-bond acceptors (Lipinski definition) is 2. The van der Waals surface area contributed by atoms with E-state index >= 15 is 0 Å². The molecular weight excluding hydrogens is 282 g/mol. The normalized spacial score (nSPS) is 51.9. The van der Waals surface area contributed by atoms with Gasteiger partial charge in [0.25, 0.3) is 0 Å². The van der Waals surface area contributed by atoms with Gasteiger partial charge in [0, 0.05) is 13.1 Å². The van der Waals surface area contributed by atoms with Gasteiger partial charge < -0.3 is 0 Å². The fourth-order valence-corrected chi connectivity index (χ4v) is 8.57. The lowest BCUT2D eigenvalue weighted by molar-refractivity contribution is 0.278. The van der Waals surface area contributed by atoms with E-state index in [4.69, 9.17) is 0 Å². The van der Waals surface area contributed by atoms with Crippen LogP contribution in [0.4, 0.5) is 0 Å². The van der Waals surface area contributed by atoms with E-state index in [0.29, 0.717) is 15.7 Å². The van der Waals surface area contributed by atoms with Gasteiger partial charge in [0.1, 0.15) is 0 Å². The lowest BCUT2D eigenvalue weighted by atomic mass is 9.88. The van der Waals surface area contributed by atoms with E-state index < -0.39 is 10.0 Å². The minimum Gasteiger partial charge on any atom is -0.207 e. The quantitative estimate of drug-likeness (QED) is 0.840. The summed E-state index contributed by atoms with van der Waals surface area (Å²) < 4.78 is 27.6. The molecule has 1 spiro atoms. The van der Waals surface area contributed by atoms with E-state index in [2.05, 4.69) is 0 Å². The summed E-state index contributed by atoms with van der Waals surface area (Å²) in [5.41, 5.74) is 1.92. The van der Waals surface area contributed by atoms with Gasteiger partial charge in [-0.25, -0.2) is 8.42 Å². The van der Waals surface area contributed by atoms with Crippen LogP contribution in [-0.4, -0.2) is 25.8 Å². The molecule has 0 N–H and O–H groups in total. The number of nitrogens with zero attached hydrogens (tertiary/aromatic N) is 1. The highest BCUT2D eigenvalue weighted by Gasteiger charge is 2.96. The number of aryl methyl sites for hydroxylation is 1. The smallest absolute Gasteiger partial charge is 0.207 e. The van der Waals surface area contributed by atoms with Crippen molar-refractivity contribution in [2.24, 2.45) is 34.5 Å². The Labute approximate surface area is 125 Å². The first-order chi connectivity index (χ1) is 10.0. The number of rotatable bonds is 2. The van der Waals surface area contributed by atoms with Crippen LogP contribution in [0.2, 0.25) is 0 Å². The second-order valence-electron chi connectivity index (χ2n) is 8.13. The first-order valence-corrected chi connectivity index (χ1v) is 9.52. The van der Waals surface area contributed by atoms with Crippen molar-refractivity contribution in [3.05, 3.63) is 29.8 Å². The number of sulfonamides is 1. The zero-order valence-electron chi connectivity index (χ0n) is 12.1. The van der Waals surface area contributed by atoms with Crippen molar-refractivity contribution in [1.82, 2.24) is 4.31 Å². The van der Waals surface area contributed by atoms with Crippen LogP contribution >= 0.6 is 0 Å². The van der Waals surface area contributed by atoms with E-state index in [0.717, 1.165) is 42.3 Å². The number of fused-ring (bicyclic) bond motifs is 1. The molecule has 4 aliphatic carbocycles. The maximum absolute atomic E-state index is 12.9. The maximum Gasteiger partial charge on any atom is 0.243 e. The van der Waals surface area contributed by atoms with Crippen LogP contribution in [0.5, 0.6) is 0 Å². The fourth-order valence-electron chi connectivity index (χ4n) is 7.01. The van der Waals surface area contributed by atoms with Gasteiger partial charge in [0.15, 0.2) is 0 Å². The Morgan fingerprint density at radius 1 is 1.14 bits per heavy atom. The largest absolute Gasteiger partial charge is 0.243 e. The Balaban J connectivity index is 1.38. The highest BCUT2D eigenvalue weighted by molar-refractivity contribution is 7.89. The number of piperidine rings is 1. The van der Waals surface area contributed by atoms with E-state index in [1.807, 2.05) is 23.4 Å². The summed E-state index contributed by atoms with van der Waals surface area (Å²) in [5.74, 6) is 3.70. The molecule has 6 rings (SSSR count). The van der Waals surface area contributed by atoms with E-state index in [1.165, 1.54) is 12.8 Å². The topological polar surface area (TPSA) is 37.4 Å². The summed E-state index contributed by atoms with van der Waals surface area (Å²) in [6, 6.07) is 7.32. The van der Waals surface area contributed by atoms with Crippen molar-refractivity contribution in [3.63, 3.8) is 0 Å². The van der Waals surface area contributed by atoms with Crippen molar-refractivity contribution in [1.29, 1.82) is 0 Å².